The van der Waals surface area contributed by atoms with E-state index in [9.17, 15) is 4.79 Å². The Bertz CT molecular complexity index is 160. The number of alkyl halides is 1. The van der Waals surface area contributed by atoms with Crippen LogP contribution in [-0.2, 0) is 4.79 Å². The summed E-state index contributed by atoms with van der Waals surface area (Å²) in [5, 5.41) is 8.16. The molecule has 3 nitrogen and oxygen atoms in total. The number of rotatable bonds is 5. The summed E-state index contributed by atoms with van der Waals surface area (Å²) in [6, 6.07) is 0.139. The molecule has 0 radical (unpaired) electrons. The van der Waals surface area contributed by atoms with Crippen LogP contribution in [0.1, 0.15) is 27.2 Å². The van der Waals surface area contributed by atoms with Crippen molar-refractivity contribution in [2.24, 2.45) is 0 Å². The van der Waals surface area contributed by atoms with Crippen LogP contribution >= 0.6 is 11.6 Å². The second-order valence-electron chi connectivity index (χ2n) is 3.32. The minimum Gasteiger partial charge on any atom is -0.396 e. The monoisotopic (exact) mass is 207 g/mol. The lowest BCUT2D eigenvalue weighted by atomic mass is 10.2. The van der Waals surface area contributed by atoms with Crippen molar-refractivity contribution in [3.05, 3.63) is 0 Å². The van der Waals surface area contributed by atoms with Crippen molar-refractivity contribution in [2.75, 3.05) is 13.2 Å². The highest BCUT2D eigenvalue weighted by molar-refractivity contribution is 6.30. The summed E-state index contributed by atoms with van der Waals surface area (Å²) in [5.41, 5.74) is 0. The molecule has 0 heterocycles. The number of aliphatic hydroxyl groups excluding tert-OH is 1. The second-order valence-corrected chi connectivity index (χ2v) is 3.97. The van der Waals surface area contributed by atoms with Crippen LogP contribution < -0.4 is 0 Å². The van der Waals surface area contributed by atoms with E-state index in [4.69, 9.17) is 16.7 Å². The Kier molecular flexibility index (Phi) is 6.08. The van der Waals surface area contributed by atoms with E-state index < -0.39 is 5.38 Å². The van der Waals surface area contributed by atoms with Crippen molar-refractivity contribution in [3.8, 4) is 0 Å². The van der Waals surface area contributed by atoms with Gasteiger partial charge in [-0.2, -0.15) is 0 Å². The summed E-state index contributed by atoms with van der Waals surface area (Å²) >= 11 is 5.69. The zero-order valence-electron chi connectivity index (χ0n) is 8.46. The van der Waals surface area contributed by atoms with Gasteiger partial charge in [-0.25, -0.2) is 0 Å². The highest BCUT2D eigenvalue weighted by Crippen LogP contribution is 2.06. The van der Waals surface area contributed by atoms with Crippen molar-refractivity contribution in [1.82, 2.24) is 4.90 Å². The first-order valence-corrected chi connectivity index (χ1v) is 4.99. The maximum absolute atomic E-state index is 11.5. The van der Waals surface area contributed by atoms with Gasteiger partial charge in [-0.3, -0.25) is 4.79 Å². The van der Waals surface area contributed by atoms with E-state index >= 15 is 0 Å². The molecule has 0 aromatic heterocycles. The maximum Gasteiger partial charge on any atom is 0.240 e. The van der Waals surface area contributed by atoms with Crippen LogP contribution in [0.4, 0.5) is 0 Å². The highest BCUT2D eigenvalue weighted by atomic mass is 35.5. The number of hydrogen-bond acceptors (Lipinski definition) is 2. The summed E-state index contributed by atoms with van der Waals surface area (Å²) in [6.07, 6.45) is 0.605. The summed E-state index contributed by atoms with van der Waals surface area (Å²) in [4.78, 5) is 13.2. The normalized spacial score (nSPS) is 13.1. The number of aliphatic hydroxyl groups is 1. The Balaban J connectivity index is 4.16. The van der Waals surface area contributed by atoms with E-state index in [0.29, 0.717) is 13.0 Å². The van der Waals surface area contributed by atoms with Gasteiger partial charge in [0.1, 0.15) is 5.38 Å². The summed E-state index contributed by atoms with van der Waals surface area (Å²) in [6.45, 7) is 6.22. The van der Waals surface area contributed by atoms with E-state index in [2.05, 4.69) is 0 Å². The Hall–Kier alpha value is -0.280. The van der Waals surface area contributed by atoms with Crippen LogP contribution in [-0.4, -0.2) is 40.5 Å². The van der Waals surface area contributed by atoms with Gasteiger partial charge < -0.3 is 10.0 Å². The largest absolute Gasteiger partial charge is 0.396 e. The lowest BCUT2D eigenvalue weighted by molar-refractivity contribution is -0.132. The number of halogens is 1. The van der Waals surface area contributed by atoms with E-state index in [1.165, 1.54) is 0 Å². The van der Waals surface area contributed by atoms with Crippen molar-refractivity contribution in [1.29, 1.82) is 0 Å². The van der Waals surface area contributed by atoms with Gasteiger partial charge >= 0.3 is 0 Å². The van der Waals surface area contributed by atoms with Crippen LogP contribution in [0, 0.1) is 0 Å². The van der Waals surface area contributed by atoms with E-state index in [0.717, 1.165) is 0 Å². The van der Waals surface area contributed by atoms with Gasteiger partial charge in [0.2, 0.25) is 5.91 Å². The van der Waals surface area contributed by atoms with Crippen molar-refractivity contribution in [2.45, 2.75) is 38.6 Å². The Labute approximate surface area is 84.7 Å². The molecule has 0 bridgehead atoms. The molecule has 13 heavy (non-hydrogen) atoms. The molecule has 1 N–H and O–H groups in total. The minimum absolute atomic E-state index is 0.0647. The fraction of sp³-hybridized carbons (Fsp3) is 0.889. The molecule has 0 saturated heterocycles. The first kappa shape index (κ1) is 12.7. The Morgan fingerprint density at radius 2 is 2.00 bits per heavy atom. The molecule has 0 rings (SSSR count). The van der Waals surface area contributed by atoms with Gasteiger partial charge in [-0.1, -0.05) is 0 Å². The number of carbonyl (C=O) groups excluding carboxylic acids is 1. The molecule has 78 valence electrons. The fourth-order valence-electron chi connectivity index (χ4n) is 1.09. The maximum atomic E-state index is 11.5. The lowest BCUT2D eigenvalue weighted by Crippen LogP contribution is -2.41. The highest BCUT2D eigenvalue weighted by Gasteiger charge is 2.20. The number of amides is 1. The molecule has 1 atom stereocenters. The van der Waals surface area contributed by atoms with Gasteiger partial charge in [0.05, 0.1) is 0 Å². The zero-order chi connectivity index (χ0) is 10.4. The third-order valence-corrected chi connectivity index (χ3v) is 1.99. The molecular formula is C9H18ClNO2. The van der Waals surface area contributed by atoms with Gasteiger partial charge in [0.15, 0.2) is 0 Å². The van der Waals surface area contributed by atoms with Crippen molar-refractivity contribution >= 4 is 17.5 Å². The minimum atomic E-state index is -0.485. The average Bonchev–Trinajstić information content (AvgIpc) is 2.04. The Morgan fingerprint density at radius 3 is 2.31 bits per heavy atom. The summed E-state index contributed by atoms with van der Waals surface area (Å²) in [7, 11) is 0. The number of carbonyl (C=O) groups is 1. The molecule has 0 aliphatic rings. The summed E-state index contributed by atoms with van der Waals surface area (Å²) < 4.78 is 0. The van der Waals surface area contributed by atoms with Crippen LogP contribution in [0.15, 0.2) is 0 Å². The molecular weight excluding hydrogens is 190 g/mol. The zero-order valence-corrected chi connectivity index (χ0v) is 9.21. The number of nitrogens with zero attached hydrogens (tertiary/aromatic N) is 1. The van der Waals surface area contributed by atoms with Gasteiger partial charge in [0, 0.05) is 19.2 Å². The fourth-order valence-corrected chi connectivity index (χ4v) is 1.22. The SMILES string of the molecule is CC(Cl)C(=O)N(CCCO)C(C)C. The van der Waals surface area contributed by atoms with Gasteiger partial charge in [-0.05, 0) is 27.2 Å². The van der Waals surface area contributed by atoms with E-state index in [-0.39, 0.29) is 18.6 Å². The van der Waals surface area contributed by atoms with Crippen LogP contribution in [0.5, 0.6) is 0 Å². The lowest BCUT2D eigenvalue weighted by Gasteiger charge is -2.27. The third kappa shape index (κ3) is 4.48. The van der Waals surface area contributed by atoms with Crippen LogP contribution in [0.25, 0.3) is 0 Å². The predicted octanol–water partition coefficient (Wildman–Crippen LogP) is 1.23. The second kappa shape index (κ2) is 6.22. The third-order valence-electron chi connectivity index (χ3n) is 1.80. The molecule has 0 spiro atoms. The number of hydrogen-bond donors (Lipinski definition) is 1. The predicted molar refractivity (Wildman–Crippen MR) is 53.9 cm³/mol. The van der Waals surface area contributed by atoms with Gasteiger partial charge in [-0.15, -0.1) is 11.6 Å². The first-order valence-electron chi connectivity index (χ1n) is 4.56. The molecule has 0 aromatic rings. The summed E-state index contributed by atoms with van der Waals surface area (Å²) in [5.74, 6) is -0.0647. The molecule has 1 amide bonds. The van der Waals surface area contributed by atoms with Crippen molar-refractivity contribution < 1.29 is 9.90 Å². The molecule has 4 heteroatoms. The van der Waals surface area contributed by atoms with Crippen LogP contribution in [0.2, 0.25) is 0 Å². The molecule has 0 fully saturated rings. The van der Waals surface area contributed by atoms with Crippen LogP contribution in [0.3, 0.4) is 0 Å². The standard InChI is InChI=1S/C9H18ClNO2/c1-7(2)11(5-4-6-12)9(13)8(3)10/h7-8,12H,4-6H2,1-3H3. The quantitative estimate of drug-likeness (QED) is 0.689. The van der Waals surface area contributed by atoms with Crippen molar-refractivity contribution in [3.63, 3.8) is 0 Å². The molecule has 1 unspecified atom stereocenters. The van der Waals surface area contributed by atoms with Gasteiger partial charge in [0.25, 0.3) is 0 Å². The molecule has 0 aliphatic carbocycles. The smallest absolute Gasteiger partial charge is 0.240 e. The average molecular weight is 208 g/mol. The molecule has 0 aromatic carbocycles. The Morgan fingerprint density at radius 1 is 1.46 bits per heavy atom. The molecule has 0 saturated carbocycles. The first-order chi connectivity index (χ1) is 6.00. The topological polar surface area (TPSA) is 40.5 Å². The molecule has 0 aliphatic heterocycles. The van der Waals surface area contributed by atoms with E-state index in [1.54, 1.807) is 11.8 Å². The van der Waals surface area contributed by atoms with E-state index in [1.807, 2.05) is 13.8 Å².